The van der Waals surface area contributed by atoms with E-state index >= 15 is 0 Å². The highest BCUT2D eigenvalue weighted by molar-refractivity contribution is 6.17. The highest BCUT2D eigenvalue weighted by Gasteiger charge is 2.25. The average molecular weight is 415 g/mol. The largest absolute Gasteiger partial charge is 0.493 e. The number of amides is 1. The first-order valence-electron chi connectivity index (χ1n) is 9.80. The zero-order chi connectivity index (χ0) is 21.8. The van der Waals surface area contributed by atoms with Crippen molar-refractivity contribution < 1.29 is 23.5 Å². The van der Waals surface area contributed by atoms with Crippen LogP contribution in [0.5, 0.6) is 11.5 Å². The molecule has 0 aliphatic heterocycles. The number of ether oxygens (including phenoxy) is 2. The number of fused-ring (bicyclic) bond motifs is 1. The quantitative estimate of drug-likeness (QED) is 0.426. The van der Waals surface area contributed by atoms with Gasteiger partial charge in [-0.15, -0.1) is 0 Å². The standard InChI is InChI=1S/C25H21NO5/c1-16(30-21-15-9-8-14-20(21)29-2)25(28)26-22-18-12-6-7-13-19(18)31-24(22)23(27)17-10-4-3-5-11-17/h3-16H,1-2H3,(H,26,28)/t16-/m1/s1. The number of para-hydroxylation sites is 3. The van der Waals surface area contributed by atoms with Gasteiger partial charge in [-0.05, 0) is 31.2 Å². The second-order valence-electron chi connectivity index (χ2n) is 6.90. The summed E-state index contributed by atoms with van der Waals surface area (Å²) >= 11 is 0. The third-order valence-corrected chi connectivity index (χ3v) is 4.83. The fraction of sp³-hybridized carbons (Fsp3) is 0.120. The summed E-state index contributed by atoms with van der Waals surface area (Å²) in [4.78, 5) is 26.0. The van der Waals surface area contributed by atoms with Crippen molar-refractivity contribution in [2.45, 2.75) is 13.0 Å². The monoisotopic (exact) mass is 415 g/mol. The number of carbonyl (C=O) groups is 2. The Bertz CT molecular complexity index is 1230. The second kappa shape index (κ2) is 8.75. The zero-order valence-electron chi connectivity index (χ0n) is 17.1. The van der Waals surface area contributed by atoms with Crippen molar-refractivity contribution in [3.8, 4) is 11.5 Å². The van der Waals surface area contributed by atoms with Gasteiger partial charge < -0.3 is 19.2 Å². The third kappa shape index (κ3) is 4.14. The summed E-state index contributed by atoms with van der Waals surface area (Å²) in [5.41, 5.74) is 1.30. The number of anilines is 1. The van der Waals surface area contributed by atoms with Gasteiger partial charge in [0.15, 0.2) is 23.4 Å². The Morgan fingerprint density at radius 1 is 0.871 bits per heavy atom. The molecule has 0 spiro atoms. The molecule has 1 atom stereocenters. The van der Waals surface area contributed by atoms with E-state index in [1.54, 1.807) is 61.5 Å². The lowest BCUT2D eigenvalue weighted by atomic mass is 10.1. The van der Waals surface area contributed by atoms with Crippen LogP contribution in [-0.4, -0.2) is 24.9 Å². The van der Waals surface area contributed by atoms with Crippen molar-refractivity contribution in [2.75, 3.05) is 12.4 Å². The van der Waals surface area contributed by atoms with Crippen LogP contribution in [-0.2, 0) is 4.79 Å². The lowest BCUT2D eigenvalue weighted by Gasteiger charge is -2.16. The van der Waals surface area contributed by atoms with Crippen molar-refractivity contribution in [1.82, 2.24) is 0 Å². The molecule has 6 heteroatoms. The maximum atomic E-state index is 13.1. The topological polar surface area (TPSA) is 77.8 Å². The van der Waals surface area contributed by atoms with E-state index < -0.39 is 12.0 Å². The van der Waals surface area contributed by atoms with Crippen molar-refractivity contribution >= 4 is 28.3 Å². The summed E-state index contributed by atoms with van der Waals surface area (Å²) in [6, 6.07) is 23.0. The molecule has 1 N–H and O–H groups in total. The van der Waals surface area contributed by atoms with Gasteiger partial charge in [-0.3, -0.25) is 9.59 Å². The minimum atomic E-state index is -0.843. The summed E-state index contributed by atoms with van der Waals surface area (Å²) in [6.07, 6.45) is -0.843. The van der Waals surface area contributed by atoms with Gasteiger partial charge in [0.1, 0.15) is 5.58 Å². The summed E-state index contributed by atoms with van der Waals surface area (Å²) in [7, 11) is 1.53. The van der Waals surface area contributed by atoms with Crippen LogP contribution in [0.3, 0.4) is 0 Å². The van der Waals surface area contributed by atoms with Crippen LogP contribution in [0.4, 0.5) is 5.69 Å². The van der Waals surface area contributed by atoms with Crippen LogP contribution in [0.15, 0.2) is 83.3 Å². The highest BCUT2D eigenvalue weighted by atomic mass is 16.5. The van der Waals surface area contributed by atoms with Crippen molar-refractivity contribution in [2.24, 2.45) is 0 Å². The molecule has 6 nitrogen and oxygen atoms in total. The minimum absolute atomic E-state index is 0.0743. The summed E-state index contributed by atoms with van der Waals surface area (Å²) in [5, 5.41) is 3.46. The first kappa shape index (κ1) is 20.2. The first-order valence-corrected chi connectivity index (χ1v) is 9.80. The lowest BCUT2D eigenvalue weighted by Crippen LogP contribution is -2.30. The highest BCUT2D eigenvalue weighted by Crippen LogP contribution is 2.33. The van der Waals surface area contributed by atoms with E-state index in [0.29, 0.717) is 33.7 Å². The SMILES string of the molecule is COc1ccccc1O[C@H](C)C(=O)Nc1c(C(=O)c2ccccc2)oc2ccccc12. The molecule has 4 aromatic rings. The fourth-order valence-corrected chi connectivity index (χ4v) is 3.24. The van der Waals surface area contributed by atoms with Crippen LogP contribution in [0.25, 0.3) is 11.0 Å². The molecule has 1 amide bonds. The van der Waals surface area contributed by atoms with Gasteiger partial charge in [0.2, 0.25) is 5.78 Å². The Morgan fingerprint density at radius 3 is 2.26 bits per heavy atom. The average Bonchev–Trinajstić information content (AvgIpc) is 3.17. The number of benzene rings is 3. The van der Waals surface area contributed by atoms with Crippen LogP contribution in [0.1, 0.15) is 23.0 Å². The van der Waals surface area contributed by atoms with E-state index in [-0.39, 0.29) is 11.5 Å². The minimum Gasteiger partial charge on any atom is -0.493 e. The predicted molar refractivity (Wildman–Crippen MR) is 118 cm³/mol. The van der Waals surface area contributed by atoms with E-state index in [0.717, 1.165) is 0 Å². The summed E-state index contributed by atoms with van der Waals surface area (Å²) in [5.74, 6) is 0.316. The van der Waals surface area contributed by atoms with Gasteiger partial charge >= 0.3 is 0 Å². The number of hydrogen-bond donors (Lipinski definition) is 1. The second-order valence-corrected chi connectivity index (χ2v) is 6.90. The predicted octanol–water partition coefficient (Wildman–Crippen LogP) is 5.08. The van der Waals surface area contributed by atoms with E-state index in [4.69, 9.17) is 13.9 Å². The molecule has 0 unspecified atom stereocenters. The molecule has 31 heavy (non-hydrogen) atoms. The van der Waals surface area contributed by atoms with Crippen molar-refractivity contribution in [3.63, 3.8) is 0 Å². The van der Waals surface area contributed by atoms with Crippen LogP contribution >= 0.6 is 0 Å². The fourth-order valence-electron chi connectivity index (χ4n) is 3.24. The Labute approximate surface area is 179 Å². The van der Waals surface area contributed by atoms with E-state index in [2.05, 4.69) is 5.32 Å². The Kier molecular flexibility index (Phi) is 5.71. The van der Waals surface area contributed by atoms with Crippen LogP contribution in [0, 0.1) is 0 Å². The molecule has 0 radical (unpaired) electrons. The molecule has 4 rings (SSSR count). The normalized spacial score (nSPS) is 11.7. The number of methoxy groups -OCH3 is 1. The molecule has 156 valence electrons. The van der Waals surface area contributed by atoms with E-state index in [1.807, 2.05) is 24.3 Å². The lowest BCUT2D eigenvalue weighted by molar-refractivity contribution is -0.122. The Morgan fingerprint density at radius 2 is 1.52 bits per heavy atom. The molecule has 0 saturated carbocycles. The molecule has 1 aromatic heterocycles. The number of furan rings is 1. The van der Waals surface area contributed by atoms with Gasteiger partial charge in [-0.25, -0.2) is 0 Å². The van der Waals surface area contributed by atoms with Gasteiger partial charge in [0.25, 0.3) is 5.91 Å². The molecule has 3 aromatic carbocycles. The Hall–Kier alpha value is -4.06. The third-order valence-electron chi connectivity index (χ3n) is 4.83. The number of nitrogens with one attached hydrogen (secondary N) is 1. The van der Waals surface area contributed by atoms with Crippen LogP contribution < -0.4 is 14.8 Å². The summed E-state index contributed by atoms with van der Waals surface area (Å²) < 4.78 is 16.9. The molecule has 0 aliphatic carbocycles. The van der Waals surface area contributed by atoms with Crippen LogP contribution in [0.2, 0.25) is 0 Å². The molecule has 0 fully saturated rings. The van der Waals surface area contributed by atoms with Gasteiger partial charge in [-0.2, -0.15) is 0 Å². The zero-order valence-corrected chi connectivity index (χ0v) is 17.1. The van der Waals surface area contributed by atoms with Gasteiger partial charge in [0.05, 0.1) is 12.8 Å². The maximum Gasteiger partial charge on any atom is 0.265 e. The number of hydrogen-bond acceptors (Lipinski definition) is 5. The van der Waals surface area contributed by atoms with Crippen molar-refractivity contribution in [1.29, 1.82) is 0 Å². The van der Waals surface area contributed by atoms with E-state index in [1.165, 1.54) is 7.11 Å². The number of ketones is 1. The molecule has 0 saturated heterocycles. The molecular weight excluding hydrogens is 394 g/mol. The van der Waals surface area contributed by atoms with Gasteiger partial charge in [-0.1, -0.05) is 54.6 Å². The Balaban J connectivity index is 1.64. The molecule has 1 heterocycles. The summed E-state index contributed by atoms with van der Waals surface area (Å²) in [6.45, 7) is 1.63. The smallest absolute Gasteiger partial charge is 0.265 e. The number of carbonyl (C=O) groups excluding carboxylic acids is 2. The maximum absolute atomic E-state index is 13.1. The van der Waals surface area contributed by atoms with Gasteiger partial charge in [0, 0.05) is 10.9 Å². The first-order chi connectivity index (χ1) is 15.1. The molecule has 0 bridgehead atoms. The molecule has 0 aliphatic rings. The van der Waals surface area contributed by atoms with Crippen molar-refractivity contribution in [3.05, 3.63) is 90.2 Å². The number of rotatable bonds is 7. The van der Waals surface area contributed by atoms with E-state index in [9.17, 15) is 9.59 Å². The molecular formula is C25H21NO5.